The van der Waals surface area contributed by atoms with Crippen molar-refractivity contribution in [3.63, 3.8) is 0 Å². The fourth-order valence-corrected chi connectivity index (χ4v) is 2.03. The van der Waals surface area contributed by atoms with Gasteiger partial charge in [-0.3, -0.25) is 0 Å². The summed E-state index contributed by atoms with van der Waals surface area (Å²) in [5.74, 6) is 1.14. The SMILES string of the molecule is Cc1nnc(OCCOc2ccccc2)c(C(N)=S)c1C. The van der Waals surface area contributed by atoms with Gasteiger partial charge in [0, 0.05) is 0 Å². The topological polar surface area (TPSA) is 70.3 Å². The molecule has 0 saturated carbocycles. The first kappa shape index (κ1) is 15.2. The Morgan fingerprint density at radius 3 is 2.43 bits per heavy atom. The van der Waals surface area contributed by atoms with E-state index in [9.17, 15) is 0 Å². The number of benzene rings is 1. The number of hydrogen-bond donors (Lipinski definition) is 1. The molecule has 0 amide bonds. The van der Waals surface area contributed by atoms with Crippen LogP contribution in [0.5, 0.6) is 11.6 Å². The first-order chi connectivity index (χ1) is 10.1. The summed E-state index contributed by atoms with van der Waals surface area (Å²) in [6.07, 6.45) is 0. The Bertz CT molecular complexity index is 632. The summed E-state index contributed by atoms with van der Waals surface area (Å²) < 4.78 is 11.1. The molecule has 1 aromatic carbocycles. The third-order valence-electron chi connectivity index (χ3n) is 3.00. The summed E-state index contributed by atoms with van der Waals surface area (Å²) in [6.45, 7) is 4.48. The van der Waals surface area contributed by atoms with Crippen molar-refractivity contribution in [3.05, 3.63) is 47.2 Å². The second kappa shape index (κ2) is 6.99. The van der Waals surface area contributed by atoms with E-state index in [1.807, 2.05) is 44.2 Å². The molecule has 0 aliphatic heterocycles. The van der Waals surface area contributed by atoms with Crippen molar-refractivity contribution in [1.82, 2.24) is 10.2 Å². The average molecular weight is 303 g/mol. The van der Waals surface area contributed by atoms with Crippen molar-refractivity contribution < 1.29 is 9.47 Å². The lowest BCUT2D eigenvalue weighted by atomic mass is 10.1. The molecule has 0 saturated heterocycles. The third kappa shape index (κ3) is 3.88. The van der Waals surface area contributed by atoms with Crippen molar-refractivity contribution in [3.8, 4) is 11.6 Å². The number of nitrogens with two attached hydrogens (primary N) is 1. The molecule has 1 heterocycles. The highest BCUT2D eigenvalue weighted by molar-refractivity contribution is 7.80. The van der Waals surface area contributed by atoms with E-state index in [0.29, 0.717) is 24.7 Å². The quantitative estimate of drug-likeness (QED) is 0.651. The van der Waals surface area contributed by atoms with Crippen LogP contribution in [0.1, 0.15) is 16.8 Å². The lowest BCUT2D eigenvalue weighted by Crippen LogP contribution is -2.18. The number of thiocarbonyl (C=S) groups is 1. The first-order valence-electron chi connectivity index (χ1n) is 6.54. The predicted molar refractivity (Wildman–Crippen MR) is 84.8 cm³/mol. The predicted octanol–water partition coefficient (Wildman–Crippen LogP) is 2.19. The van der Waals surface area contributed by atoms with Gasteiger partial charge in [-0.2, -0.15) is 5.10 Å². The van der Waals surface area contributed by atoms with Crippen molar-refractivity contribution in [2.45, 2.75) is 13.8 Å². The second-order valence-corrected chi connectivity index (χ2v) is 4.90. The van der Waals surface area contributed by atoms with Gasteiger partial charge < -0.3 is 15.2 Å². The Balaban J connectivity index is 1.97. The molecule has 0 atom stereocenters. The zero-order valence-corrected chi connectivity index (χ0v) is 12.8. The smallest absolute Gasteiger partial charge is 0.244 e. The molecular formula is C15H17N3O2S. The largest absolute Gasteiger partial charge is 0.490 e. The second-order valence-electron chi connectivity index (χ2n) is 4.46. The van der Waals surface area contributed by atoms with Gasteiger partial charge in [0.1, 0.15) is 24.0 Å². The molecule has 2 N–H and O–H groups in total. The highest BCUT2D eigenvalue weighted by Crippen LogP contribution is 2.20. The van der Waals surface area contributed by atoms with Gasteiger partial charge in [-0.15, -0.1) is 5.10 Å². The molecule has 2 aromatic rings. The normalized spacial score (nSPS) is 10.2. The van der Waals surface area contributed by atoms with Crippen LogP contribution in [-0.2, 0) is 0 Å². The van der Waals surface area contributed by atoms with Crippen LogP contribution < -0.4 is 15.2 Å². The van der Waals surface area contributed by atoms with E-state index in [1.54, 1.807) is 0 Å². The van der Waals surface area contributed by atoms with Crippen LogP contribution in [-0.4, -0.2) is 28.4 Å². The number of aryl methyl sites for hydroxylation is 1. The maximum Gasteiger partial charge on any atom is 0.244 e. The molecule has 0 unspecified atom stereocenters. The molecule has 0 aliphatic carbocycles. The van der Waals surface area contributed by atoms with Gasteiger partial charge in [0.25, 0.3) is 0 Å². The molecule has 110 valence electrons. The molecular weight excluding hydrogens is 286 g/mol. The average Bonchev–Trinajstić information content (AvgIpc) is 2.48. The number of hydrogen-bond acceptors (Lipinski definition) is 5. The Labute approximate surface area is 129 Å². The molecule has 0 radical (unpaired) electrons. The number of nitrogens with zero attached hydrogens (tertiary/aromatic N) is 2. The summed E-state index contributed by atoms with van der Waals surface area (Å²) >= 11 is 5.05. The monoisotopic (exact) mass is 303 g/mol. The summed E-state index contributed by atoms with van der Waals surface area (Å²) in [5.41, 5.74) is 8.04. The number of ether oxygens (including phenoxy) is 2. The van der Waals surface area contributed by atoms with E-state index in [1.165, 1.54) is 0 Å². The van der Waals surface area contributed by atoms with Crippen LogP contribution in [0.15, 0.2) is 30.3 Å². The van der Waals surface area contributed by atoms with Crippen molar-refractivity contribution in [2.75, 3.05) is 13.2 Å². The molecule has 2 rings (SSSR count). The van der Waals surface area contributed by atoms with E-state index >= 15 is 0 Å². The lowest BCUT2D eigenvalue weighted by molar-refractivity contribution is 0.210. The molecule has 0 fully saturated rings. The third-order valence-corrected chi connectivity index (χ3v) is 3.21. The molecule has 5 nitrogen and oxygen atoms in total. The van der Waals surface area contributed by atoms with Gasteiger partial charge in [-0.05, 0) is 31.5 Å². The zero-order valence-electron chi connectivity index (χ0n) is 12.0. The maximum absolute atomic E-state index is 5.73. The molecule has 0 spiro atoms. The minimum Gasteiger partial charge on any atom is -0.490 e. The fraction of sp³-hybridized carbons (Fsp3) is 0.267. The van der Waals surface area contributed by atoms with Gasteiger partial charge in [0.2, 0.25) is 5.88 Å². The van der Waals surface area contributed by atoms with Crippen LogP contribution in [0.3, 0.4) is 0 Å². The standard InChI is InChI=1S/C15H17N3O2S/c1-10-11(2)17-18-15(13(10)14(16)21)20-9-8-19-12-6-4-3-5-7-12/h3-7H,8-9H2,1-2H3,(H2,16,21). The van der Waals surface area contributed by atoms with E-state index in [4.69, 9.17) is 27.4 Å². The van der Waals surface area contributed by atoms with Gasteiger partial charge >= 0.3 is 0 Å². The minimum atomic E-state index is 0.254. The van der Waals surface area contributed by atoms with E-state index in [2.05, 4.69) is 10.2 Å². The van der Waals surface area contributed by atoms with E-state index < -0.39 is 0 Å². The minimum absolute atomic E-state index is 0.254. The fourth-order valence-electron chi connectivity index (χ4n) is 1.79. The van der Waals surface area contributed by atoms with Crippen LogP contribution in [0.25, 0.3) is 0 Å². The Hall–Kier alpha value is -2.21. The van der Waals surface area contributed by atoms with Crippen molar-refractivity contribution in [1.29, 1.82) is 0 Å². The molecule has 0 aliphatic rings. The summed E-state index contributed by atoms with van der Waals surface area (Å²) in [7, 11) is 0. The Morgan fingerprint density at radius 2 is 1.76 bits per heavy atom. The van der Waals surface area contributed by atoms with E-state index in [-0.39, 0.29) is 4.99 Å². The molecule has 1 aromatic heterocycles. The maximum atomic E-state index is 5.73. The van der Waals surface area contributed by atoms with Crippen LogP contribution in [0.2, 0.25) is 0 Å². The lowest BCUT2D eigenvalue weighted by Gasteiger charge is -2.12. The number of para-hydroxylation sites is 1. The molecule has 6 heteroatoms. The molecule has 21 heavy (non-hydrogen) atoms. The van der Waals surface area contributed by atoms with Crippen LogP contribution >= 0.6 is 12.2 Å². The Kier molecular flexibility index (Phi) is 5.05. The van der Waals surface area contributed by atoms with E-state index in [0.717, 1.165) is 17.0 Å². The van der Waals surface area contributed by atoms with Crippen LogP contribution in [0, 0.1) is 13.8 Å². The van der Waals surface area contributed by atoms with Gasteiger partial charge in [0.05, 0.1) is 11.3 Å². The van der Waals surface area contributed by atoms with Gasteiger partial charge in [-0.25, -0.2) is 0 Å². The Morgan fingerprint density at radius 1 is 1.10 bits per heavy atom. The highest BCUT2D eigenvalue weighted by atomic mass is 32.1. The van der Waals surface area contributed by atoms with Gasteiger partial charge in [0.15, 0.2) is 0 Å². The summed E-state index contributed by atoms with van der Waals surface area (Å²) in [5, 5.41) is 8.04. The van der Waals surface area contributed by atoms with Gasteiger partial charge in [-0.1, -0.05) is 30.4 Å². The number of rotatable bonds is 6. The van der Waals surface area contributed by atoms with Crippen molar-refractivity contribution in [2.24, 2.45) is 5.73 Å². The number of aromatic nitrogens is 2. The first-order valence-corrected chi connectivity index (χ1v) is 6.94. The summed E-state index contributed by atoms with van der Waals surface area (Å²) in [4.78, 5) is 0.254. The summed E-state index contributed by atoms with van der Waals surface area (Å²) in [6, 6.07) is 9.53. The highest BCUT2D eigenvalue weighted by Gasteiger charge is 2.14. The van der Waals surface area contributed by atoms with Crippen LogP contribution in [0.4, 0.5) is 0 Å². The molecule has 0 bridgehead atoms. The van der Waals surface area contributed by atoms with Crippen molar-refractivity contribution >= 4 is 17.2 Å². The zero-order chi connectivity index (χ0) is 15.2.